The van der Waals surface area contributed by atoms with Crippen LogP contribution in [-0.4, -0.2) is 40.4 Å². The van der Waals surface area contributed by atoms with Crippen molar-refractivity contribution in [1.82, 2.24) is 0 Å². The van der Waals surface area contributed by atoms with Gasteiger partial charge in [-0.3, -0.25) is 0 Å². The molecule has 0 rings (SSSR count). The Bertz CT molecular complexity index is 102. The fourth-order valence-electron chi connectivity index (χ4n) is 0.958. The second kappa shape index (κ2) is 5.48. The maximum Gasteiger partial charge on any atom is 0.160 e. The summed E-state index contributed by atoms with van der Waals surface area (Å²) < 4.78 is 5.15. The van der Waals surface area contributed by atoms with E-state index in [-0.39, 0.29) is 19.3 Å². The summed E-state index contributed by atoms with van der Waals surface area (Å²) >= 11 is 0. The molecule has 0 aromatic heterocycles. The van der Waals surface area contributed by atoms with Crippen LogP contribution in [0.2, 0.25) is 0 Å². The van der Waals surface area contributed by atoms with Gasteiger partial charge >= 0.3 is 0 Å². The molecule has 12 heavy (non-hydrogen) atoms. The molecule has 0 radical (unpaired) electrons. The average Bonchev–Trinajstić information content (AvgIpc) is 1.84. The Kier molecular flexibility index (Phi) is 5.41. The molecule has 0 unspecified atom stereocenters. The Morgan fingerprint density at radius 1 is 1.17 bits per heavy atom. The molecule has 0 saturated heterocycles. The van der Waals surface area contributed by atoms with Crippen molar-refractivity contribution in [3.05, 3.63) is 0 Å². The third-order valence-electron chi connectivity index (χ3n) is 1.36. The quantitative estimate of drug-likeness (QED) is 0.495. The summed E-state index contributed by atoms with van der Waals surface area (Å²) in [6.45, 7) is 3.05. The molecule has 0 aliphatic carbocycles. The third-order valence-corrected chi connectivity index (χ3v) is 1.36. The van der Waals surface area contributed by atoms with Crippen LogP contribution in [-0.2, 0) is 4.74 Å². The Morgan fingerprint density at radius 2 is 1.58 bits per heavy atom. The summed E-state index contributed by atoms with van der Waals surface area (Å²) in [4.78, 5) is 0. The van der Waals surface area contributed by atoms with Gasteiger partial charge in [0, 0.05) is 13.2 Å². The zero-order valence-corrected chi connectivity index (χ0v) is 7.66. The molecule has 0 amide bonds. The first-order valence-electron chi connectivity index (χ1n) is 4.11. The fraction of sp³-hybridized carbons (Fsp3) is 1.00. The van der Waals surface area contributed by atoms with Crippen LogP contribution < -0.4 is 0 Å². The van der Waals surface area contributed by atoms with Crippen LogP contribution in [0.15, 0.2) is 0 Å². The standard InChI is InChI=1S/C8H18O4/c1-8(2,11)12-7(3-5-9)4-6-10/h7,9-11H,3-6H2,1-2H3. The van der Waals surface area contributed by atoms with Gasteiger partial charge in [0.05, 0.1) is 6.10 Å². The van der Waals surface area contributed by atoms with Crippen molar-refractivity contribution >= 4 is 0 Å². The summed E-state index contributed by atoms with van der Waals surface area (Å²) in [6, 6.07) is 0. The Balaban J connectivity index is 3.77. The van der Waals surface area contributed by atoms with Gasteiger partial charge in [-0.15, -0.1) is 0 Å². The Labute approximate surface area is 72.8 Å². The van der Waals surface area contributed by atoms with E-state index < -0.39 is 5.79 Å². The molecule has 3 N–H and O–H groups in total. The molecule has 0 aromatic rings. The van der Waals surface area contributed by atoms with E-state index in [1.54, 1.807) is 0 Å². The lowest BCUT2D eigenvalue weighted by Gasteiger charge is -2.25. The molecule has 0 spiro atoms. The predicted molar refractivity (Wildman–Crippen MR) is 44.6 cm³/mol. The van der Waals surface area contributed by atoms with E-state index in [0.717, 1.165) is 0 Å². The van der Waals surface area contributed by atoms with Crippen LogP contribution in [0.4, 0.5) is 0 Å². The van der Waals surface area contributed by atoms with Gasteiger partial charge in [-0.05, 0) is 26.7 Å². The number of rotatable bonds is 6. The van der Waals surface area contributed by atoms with Gasteiger partial charge in [0.2, 0.25) is 0 Å². The number of hydrogen-bond acceptors (Lipinski definition) is 4. The highest BCUT2D eigenvalue weighted by Gasteiger charge is 2.19. The highest BCUT2D eigenvalue weighted by molar-refractivity contribution is 4.61. The van der Waals surface area contributed by atoms with Crippen LogP contribution in [0, 0.1) is 0 Å². The SMILES string of the molecule is CC(C)(O)OC(CCO)CCO. The van der Waals surface area contributed by atoms with Crippen LogP contribution >= 0.6 is 0 Å². The molecule has 4 nitrogen and oxygen atoms in total. The number of ether oxygens (including phenoxy) is 1. The first-order chi connectivity index (χ1) is 5.49. The molecular formula is C8H18O4. The van der Waals surface area contributed by atoms with Crippen molar-refractivity contribution in [1.29, 1.82) is 0 Å². The predicted octanol–water partition coefficient (Wildman–Crippen LogP) is -0.135. The van der Waals surface area contributed by atoms with Crippen molar-refractivity contribution in [2.45, 2.75) is 38.6 Å². The number of aliphatic hydroxyl groups excluding tert-OH is 2. The minimum Gasteiger partial charge on any atom is -0.396 e. The van der Waals surface area contributed by atoms with Crippen molar-refractivity contribution in [2.75, 3.05) is 13.2 Å². The molecule has 0 atom stereocenters. The molecular weight excluding hydrogens is 160 g/mol. The van der Waals surface area contributed by atoms with E-state index in [4.69, 9.17) is 14.9 Å². The molecule has 0 heterocycles. The zero-order chi connectivity index (χ0) is 9.61. The van der Waals surface area contributed by atoms with Crippen LogP contribution in [0.1, 0.15) is 26.7 Å². The fourth-order valence-corrected chi connectivity index (χ4v) is 0.958. The first kappa shape index (κ1) is 11.8. The lowest BCUT2D eigenvalue weighted by atomic mass is 10.2. The van der Waals surface area contributed by atoms with Gasteiger partial charge in [-0.2, -0.15) is 0 Å². The van der Waals surface area contributed by atoms with E-state index in [1.807, 2.05) is 0 Å². The maximum atomic E-state index is 9.26. The summed E-state index contributed by atoms with van der Waals surface area (Å²) in [5.74, 6) is -1.20. The summed E-state index contributed by atoms with van der Waals surface area (Å²) in [6.07, 6.45) is 0.592. The zero-order valence-electron chi connectivity index (χ0n) is 7.66. The molecule has 4 heteroatoms. The van der Waals surface area contributed by atoms with Crippen LogP contribution in [0.5, 0.6) is 0 Å². The summed E-state index contributed by atoms with van der Waals surface area (Å²) in [5.41, 5.74) is 0. The molecule has 74 valence electrons. The van der Waals surface area contributed by atoms with E-state index >= 15 is 0 Å². The van der Waals surface area contributed by atoms with E-state index in [2.05, 4.69) is 0 Å². The minimum absolute atomic E-state index is 0.000741. The molecule has 0 aliphatic rings. The summed E-state index contributed by atoms with van der Waals surface area (Å²) in [5, 5.41) is 26.5. The topological polar surface area (TPSA) is 69.9 Å². The van der Waals surface area contributed by atoms with Crippen LogP contribution in [0.25, 0.3) is 0 Å². The monoisotopic (exact) mass is 178 g/mol. The van der Waals surface area contributed by atoms with Gasteiger partial charge in [0.25, 0.3) is 0 Å². The van der Waals surface area contributed by atoms with E-state index in [1.165, 1.54) is 13.8 Å². The number of aliphatic hydroxyl groups is 3. The molecule has 0 fully saturated rings. The van der Waals surface area contributed by atoms with Gasteiger partial charge in [0.1, 0.15) is 0 Å². The van der Waals surface area contributed by atoms with Gasteiger partial charge in [0.15, 0.2) is 5.79 Å². The lowest BCUT2D eigenvalue weighted by molar-refractivity contribution is -0.210. The van der Waals surface area contributed by atoms with E-state index in [0.29, 0.717) is 12.8 Å². The largest absolute Gasteiger partial charge is 0.396 e. The lowest BCUT2D eigenvalue weighted by Crippen LogP contribution is -2.31. The average molecular weight is 178 g/mol. The Morgan fingerprint density at radius 3 is 1.83 bits per heavy atom. The molecule has 0 bridgehead atoms. The second-order valence-corrected chi connectivity index (χ2v) is 3.21. The molecule has 0 saturated carbocycles. The number of hydrogen-bond donors (Lipinski definition) is 3. The van der Waals surface area contributed by atoms with Crippen LogP contribution in [0.3, 0.4) is 0 Å². The maximum absolute atomic E-state index is 9.26. The minimum atomic E-state index is -1.20. The highest BCUT2D eigenvalue weighted by atomic mass is 16.6. The summed E-state index contributed by atoms with van der Waals surface area (Å²) in [7, 11) is 0. The van der Waals surface area contributed by atoms with Gasteiger partial charge < -0.3 is 20.1 Å². The van der Waals surface area contributed by atoms with Crippen molar-refractivity contribution in [2.24, 2.45) is 0 Å². The third kappa shape index (κ3) is 6.54. The normalized spacial score (nSPS) is 12.5. The highest BCUT2D eigenvalue weighted by Crippen LogP contribution is 2.12. The Hall–Kier alpha value is -0.160. The van der Waals surface area contributed by atoms with E-state index in [9.17, 15) is 5.11 Å². The van der Waals surface area contributed by atoms with Crippen molar-refractivity contribution in [3.63, 3.8) is 0 Å². The smallest absolute Gasteiger partial charge is 0.160 e. The second-order valence-electron chi connectivity index (χ2n) is 3.21. The van der Waals surface area contributed by atoms with Gasteiger partial charge in [-0.1, -0.05) is 0 Å². The van der Waals surface area contributed by atoms with Crippen molar-refractivity contribution < 1.29 is 20.1 Å². The van der Waals surface area contributed by atoms with Crippen molar-refractivity contribution in [3.8, 4) is 0 Å². The first-order valence-corrected chi connectivity index (χ1v) is 4.11. The molecule has 0 aromatic carbocycles. The van der Waals surface area contributed by atoms with Gasteiger partial charge in [-0.25, -0.2) is 0 Å². The molecule has 0 aliphatic heterocycles.